The summed E-state index contributed by atoms with van der Waals surface area (Å²) in [6.45, 7) is -2.28. The minimum atomic E-state index is -4.08. The van der Waals surface area contributed by atoms with E-state index >= 15 is 0 Å². The smallest absolute Gasteiger partial charge is 0.240 e. The Hall–Kier alpha value is -2.54. The van der Waals surface area contributed by atoms with Gasteiger partial charge >= 0.3 is 0 Å². The Bertz CT molecular complexity index is 1260. The zero-order valence-corrected chi connectivity index (χ0v) is 17.9. The number of benzene rings is 1. The van der Waals surface area contributed by atoms with Gasteiger partial charge in [-0.25, -0.2) is 26.9 Å². The second-order valence-corrected chi connectivity index (χ2v) is 9.62. The summed E-state index contributed by atoms with van der Waals surface area (Å²) in [6.07, 6.45) is 4.52. The summed E-state index contributed by atoms with van der Waals surface area (Å²) in [5.74, 6) is 0. The normalized spacial score (nSPS) is 14.7. The molecule has 0 atom stereocenters. The minimum absolute atomic E-state index is 0.117. The Balaban J connectivity index is 1.81. The van der Waals surface area contributed by atoms with Crippen LogP contribution in [-0.2, 0) is 10.0 Å². The van der Waals surface area contributed by atoms with E-state index in [1.165, 1.54) is 18.3 Å². The molecule has 1 aromatic carbocycles. The van der Waals surface area contributed by atoms with Gasteiger partial charge in [0.15, 0.2) is 0 Å². The number of halogens is 3. The third kappa shape index (κ3) is 3.91. The van der Waals surface area contributed by atoms with Crippen LogP contribution in [0, 0.1) is 11.3 Å². The minimum Gasteiger partial charge on any atom is -0.321 e. The summed E-state index contributed by atoms with van der Waals surface area (Å²) >= 11 is 6.11. The molecule has 0 unspecified atom stereocenters. The van der Waals surface area contributed by atoms with Crippen LogP contribution in [0.15, 0.2) is 41.4 Å². The van der Waals surface area contributed by atoms with Crippen molar-refractivity contribution >= 4 is 32.7 Å². The summed E-state index contributed by atoms with van der Waals surface area (Å²) in [4.78, 5) is 4.33. The standard InChI is InChI=1S/C21H19ClF2N4O2S/c22-14-8-18-19(11-25)20(28(16-2-1-3-16)21(18)26-12-14)13-4-6-17(7-5-13)31(29,30)27-15(9-23)10-24/h4-8,12,15-16,27H,1-3,9-10H2. The first-order valence-electron chi connectivity index (χ1n) is 9.73. The van der Waals surface area contributed by atoms with Crippen LogP contribution in [0.3, 0.4) is 0 Å². The van der Waals surface area contributed by atoms with E-state index < -0.39 is 29.4 Å². The highest BCUT2D eigenvalue weighted by Crippen LogP contribution is 2.42. The average Bonchev–Trinajstić information content (AvgIpc) is 3.04. The molecule has 1 saturated carbocycles. The van der Waals surface area contributed by atoms with Gasteiger partial charge in [0, 0.05) is 17.6 Å². The molecule has 31 heavy (non-hydrogen) atoms. The fourth-order valence-corrected chi connectivity index (χ4v) is 5.10. The highest BCUT2D eigenvalue weighted by Gasteiger charge is 2.29. The van der Waals surface area contributed by atoms with Gasteiger partial charge in [-0.15, -0.1) is 0 Å². The van der Waals surface area contributed by atoms with E-state index in [-0.39, 0.29) is 10.9 Å². The first-order chi connectivity index (χ1) is 14.9. The van der Waals surface area contributed by atoms with Crippen molar-refractivity contribution in [1.82, 2.24) is 14.3 Å². The predicted octanol–water partition coefficient (Wildman–Crippen LogP) is 4.54. The molecule has 3 aromatic rings. The van der Waals surface area contributed by atoms with Crippen LogP contribution < -0.4 is 4.72 Å². The topological polar surface area (TPSA) is 87.8 Å². The molecular weight excluding hydrogens is 446 g/mol. The van der Waals surface area contributed by atoms with Crippen molar-refractivity contribution in [2.75, 3.05) is 13.3 Å². The third-order valence-corrected chi connectivity index (χ3v) is 7.24. The molecule has 0 radical (unpaired) electrons. The molecule has 10 heteroatoms. The Morgan fingerprint density at radius 1 is 1.26 bits per heavy atom. The molecule has 1 fully saturated rings. The summed E-state index contributed by atoms with van der Waals surface area (Å²) < 4.78 is 54.4. The van der Waals surface area contributed by atoms with E-state index in [1.54, 1.807) is 18.2 Å². The lowest BCUT2D eigenvalue weighted by Gasteiger charge is -2.29. The van der Waals surface area contributed by atoms with Gasteiger partial charge < -0.3 is 4.57 Å². The summed E-state index contributed by atoms with van der Waals surface area (Å²) in [7, 11) is -4.08. The van der Waals surface area contributed by atoms with Crippen LogP contribution in [0.4, 0.5) is 8.78 Å². The zero-order valence-electron chi connectivity index (χ0n) is 16.4. The fraction of sp³-hybridized carbons (Fsp3) is 0.333. The van der Waals surface area contributed by atoms with Gasteiger partial charge in [-0.3, -0.25) is 0 Å². The number of nitriles is 1. The first kappa shape index (κ1) is 21.7. The van der Waals surface area contributed by atoms with Crippen molar-refractivity contribution in [3.63, 3.8) is 0 Å². The van der Waals surface area contributed by atoms with Gasteiger partial charge in [-0.2, -0.15) is 5.26 Å². The van der Waals surface area contributed by atoms with Crippen molar-refractivity contribution in [1.29, 1.82) is 5.26 Å². The molecule has 0 spiro atoms. The Morgan fingerprint density at radius 3 is 2.48 bits per heavy atom. The molecule has 162 valence electrons. The molecule has 1 N–H and O–H groups in total. The van der Waals surface area contributed by atoms with Crippen LogP contribution in [-0.4, -0.2) is 37.4 Å². The number of alkyl halides is 2. The van der Waals surface area contributed by atoms with Gasteiger partial charge in [-0.05, 0) is 43.0 Å². The van der Waals surface area contributed by atoms with Crippen molar-refractivity contribution in [3.05, 3.63) is 47.1 Å². The maximum absolute atomic E-state index is 12.7. The number of fused-ring (bicyclic) bond motifs is 1. The van der Waals surface area contributed by atoms with E-state index in [1.807, 2.05) is 9.29 Å². The van der Waals surface area contributed by atoms with Crippen molar-refractivity contribution in [2.45, 2.75) is 36.2 Å². The van der Waals surface area contributed by atoms with Crippen molar-refractivity contribution in [2.24, 2.45) is 0 Å². The largest absolute Gasteiger partial charge is 0.321 e. The van der Waals surface area contributed by atoms with E-state index in [9.17, 15) is 22.5 Å². The highest BCUT2D eigenvalue weighted by atomic mass is 35.5. The SMILES string of the molecule is N#Cc1c(-c2ccc(S(=O)(=O)NC(CF)CF)cc2)n(C2CCC2)c2ncc(Cl)cc12. The third-order valence-electron chi connectivity index (χ3n) is 5.49. The molecule has 4 rings (SSSR count). The second-order valence-electron chi connectivity index (χ2n) is 7.47. The Morgan fingerprint density at radius 2 is 1.94 bits per heavy atom. The van der Waals surface area contributed by atoms with Crippen LogP contribution in [0.2, 0.25) is 5.02 Å². The molecule has 1 aliphatic rings. The molecule has 0 amide bonds. The van der Waals surface area contributed by atoms with E-state index in [2.05, 4.69) is 11.1 Å². The number of rotatable bonds is 7. The van der Waals surface area contributed by atoms with Gasteiger partial charge in [0.2, 0.25) is 10.0 Å². The molecule has 1 aliphatic carbocycles. The summed E-state index contributed by atoms with van der Waals surface area (Å²) in [5.41, 5.74) is 2.37. The lowest BCUT2D eigenvalue weighted by molar-refractivity contribution is 0.323. The number of sulfonamides is 1. The second kappa shape index (κ2) is 8.54. The number of pyridine rings is 1. The first-order valence-corrected chi connectivity index (χ1v) is 11.6. The monoisotopic (exact) mass is 464 g/mol. The van der Waals surface area contributed by atoms with Gasteiger partial charge in [0.25, 0.3) is 0 Å². The van der Waals surface area contributed by atoms with Gasteiger partial charge in [-0.1, -0.05) is 23.7 Å². The molecule has 0 saturated heterocycles. The van der Waals surface area contributed by atoms with E-state index in [0.29, 0.717) is 32.9 Å². The number of hydrogen-bond acceptors (Lipinski definition) is 4. The fourth-order valence-electron chi connectivity index (χ4n) is 3.74. The summed E-state index contributed by atoms with van der Waals surface area (Å²) in [5, 5.41) is 10.9. The highest BCUT2D eigenvalue weighted by molar-refractivity contribution is 7.89. The van der Waals surface area contributed by atoms with Crippen LogP contribution in [0.25, 0.3) is 22.3 Å². The van der Waals surface area contributed by atoms with E-state index in [4.69, 9.17) is 11.6 Å². The van der Waals surface area contributed by atoms with Crippen LogP contribution in [0.1, 0.15) is 30.9 Å². The summed E-state index contributed by atoms with van der Waals surface area (Å²) in [6, 6.07) is 8.59. The van der Waals surface area contributed by atoms with Crippen molar-refractivity contribution < 1.29 is 17.2 Å². The van der Waals surface area contributed by atoms with Gasteiger partial charge in [0.1, 0.15) is 25.1 Å². The molecule has 0 bridgehead atoms. The molecule has 2 aromatic heterocycles. The maximum Gasteiger partial charge on any atom is 0.240 e. The Labute approximate surface area is 183 Å². The van der Waals surface area contributed by atoms with E-state index in [0.717, 1.165) is 19.3 Å². The lowest BCUT2D eigenvalue weighted by Crippen LogP contribution is -2.37. The average molecular weight is 465 g/mol. The maximum atomic E-state index is 12.7. The number of nitrogens with zero attached hydrogens (tertiary/aromatic N) is 3. The number of aromatic nitrogens is 2. The zero-order chi connectivity index (χ0) is 22.2. The number of nitrogens with one attached hydrogen (secondary N) is 1. The number of hydrogen-bond donors (Lipinski definition) is 1. The molecule has 0 aliphatic heterocycles. The lowest BCUT2D eigenvalue weighted by atomic mass is 9.92. The molecule has 6 nitrogen and oxygen atoms in total. The Kier molecular flexibility index (Phi) is 5.97. The van der Waals surface area contributed by atoms with Crippen molar-refractivity contribution in [3.8, 4) is 17.3 Å². The van der Waals surface area contributed by atoms with Crippen LogP contribution >= 0.6 is 11.6 Å². The predicted molar refractivity (Wildman–Crippen MR) is 114 cm³/mol. The molecule has 2 heterocycles. The molecular formula is C21H19ClF2N4O2S. The van der Waals surface area contributed by atoms with Crippen LogP contribution in [0.5, 0.6) is 0 Å². The van der Waals surface area contributed by atoms with Gasteiger partial charge in [0.05, 0.1) is 27.2 Å². The quantitative estimate of drug-likeness (QED) is 0.556.